The fourth-order valence-corrected chi connectivity index (χ4v) is 8.66. The van der Waals surface area contributed by atoms with Crippen LogP contribution < -0.4 is 58.7 Å². The zero-order valence-electron chi connectivity index (χ0n) is 40.2. The van der Waals surface area contributed by atoms with Crippen molar-refractivity contribution in [3.8, 4) is 23.0 Å². The van der Waals surface area contributed by atoms with Crippen LogP contribution in [0.15, 0.2) is 111 Å². The summed E-state index contributed by atoms with van der Waals surface area (Å²) in [7, 11) is 0. The first-order chi connectivity index (χ1) is 35.5. The van der Waals surface area contributed by atoms with Crippen molar-refractivity contribution >= 4 is 58.5 Å². The first kappa shape index (κ1) is 51.7. The van der Waals surface area contributed by atoms with E-state index in [1.807, 2.05) is 31.2 Å². The van der Waals surface area contributed by atoms with Crippen LogP contribution in [0.2, 0.25) is 0 Å². The Kier molecular flexibility index (Phi) is 16.0. The molecule has 5 unspecified atom stereocenters. The third kappa shape index (κ3) is 12.3. The summed E-state index contributed by atoms with van der Waals surface area (Å²) in [4.78, 5) is 98.0. The van der Waals surface area contributed by atoms with Gasteiger partial charge in [0.25, 0.3) is 0 Å². The van der Waals surface area contributed by atoms with Gasteiger partial charge in [-0.05, 0) is 72.1 Å². The quantitative estimate of drug-likeness (QED) is 0.0630. The van der Waals surface area contributed by atoms with Gasteiger partial charge in [0, 0.05) is 17.9 Å². The van der Waals surface area contributed by atoms with Gasteiger partial charge in [0.05, 0.1) is 38.3 Å². The lowest BCUT2D eigenvalue weighted by Crippen LogP contribution is -2.67. The lowest BCUT2D eigenvalue weighted by atomic mass is 9.92. The van der Waals surface area contributed by atoms with E-state index in [4.69, 9.17) is 25.6 Å². The molecule has 388 valence electrons. The maximum Gasteiger partial charge on any atom is 0.246 e. The molecular weight excluding hydrogens is 959 g/mol. The minimum absolute atomic E-state index is 0.0757. The number of aliphatic hydroxyl groups is 3. The molecule has 4 aromatic carbocycles. The highest BCUT2D eigenvalue weighted by Gasteiger charge is 2.43. The van der Waals surface area contributed by atoms with Crippen LogP contribution in [0.5, 0.6) is 11.5 Å². The van der Waals surface area contributed by atoms with E-state index in [0.717, 1.165) is 5.56 Å². The minimum Gasteiger partial charge on any atom is -0.457 e. The van der Waals surface area contributed by atoms with Crippen LogP contribution in [0.25, 0.3) is 22.6 Å². The molecular formula is C50H57N13O11. The summed E-state index contributed by atoms with van der Waals surface area (Å²) in [6, 6.07) is 17.6. The highest BCUT2D eigenvalue weighted by Crippen LogP contribution is 2.29. The topological polar surface area (TPSA) is 371 Å². The van der Waals surface area contributed by atoms with Gasteiger partial charge in [0.1, 0.15) is 59.4 Å². The predicted molar refractivity (Wildman–Crippen MR) is 268 cm³/mol. The Morgan fingerprint density at radius 1 is 0.662 bits per heavy atom. The number of hydrogen-bond acceptors (Lipinski definition) is 18. The second-order valence-electron chi connectivity index (χ2n) is 18.1. The number of rotatable bonds is 12. The van der Waals surface area contributed by atoms with E-state index in [1.165, 1.54) is 0 Å². The predicted octanol–water partition coefficient (Wildman–Crippen LogP) is -2.22. The molecule has 5 aromatic rings. The summed E-state index contributed by atoms with van der Waals surface area (Å²) >= 11 is 0. The minimum atomic E-state index is -1.97. The van der Waals surface area contributed by atoms with Gasteiger partial charge in [-0.1, -0.05) is 55.5 Å². The molecule has 0 radical (unpaired) electrons. The molecule has 10 atom stereocenters. The number of fused-ring (bicyclic) bond motifs is 1. The van der Waals surface area contributed by atoms with Gasteiger partial charge in [-0.15, -0.1) is 0 Å². The Morgan fingerprint density at radius 2 is 1.28 bits per heavy atom. The van der Waals surface area contributed by atoms with Crippen LogP contribution in [0, 0.1) is 6.92 Å². The van der Waals surface area contributed by atoms with Crippen LogP contribution in [0.1, 0.15) is 29.5 Å². The maximum absolute atomic E-state index is 14.9. The molecule has 3 aliphatic heterocycles. The van der Waals surface area contributed by atoms with E-state index >= 15 is 0 Å². The maximum atomic E-state index is 14.9. The summed E-state index contributed by atoms with van der Waals surface area (Å²) in [5.74, 6) is -5.51. The summed E-state index contributed by atoms with van der Waals surface area (Å²) < 4.78 is 12.1. The number of nitrogens with one attached hydrogen (secondary N) is 8. The molecule has 24 heteroatoms. The summed E-state index contributed by atoms with van der Waals surface area (Å²) in [6.45, 7) is 1.60. The number of guanidine groups is 2. The number of carbonyl (C=O) groups is 6. The van der Waals surface area contributed by atoms with Gasteiger partial charge in [-0.2, -0.15) is 0 Å². The standard InChI is InChI=1S/C50H57N13O11/c1-24-7-6-10-30(17-24)73-29-14-12-28(13-15-29)48-58-31-18-26(11-16-36(31)74-48)19-32-44(69)62-40(42(67)34-21-55-50(52)60-34)47(72)63-39(41(66)33-20-54-49(51)59-33)46(71)57-35(23-64)43(68)53-22-37(65)61-38(45(70)56-32)25(2)27-8-4-3-5-9-27/h3-18,25,32-35,38-42,64,66-67H,19-23H2,1-2H3,(H,53,68)(H,56,70)(H,57,71)(H,61,65)(H,62,69)(H,63,72)(H3,51,54,59)(H3,52,55,60)/t25?,32-,33?,34?,35-,38-,39-,40-,41?,42?/m0/s1. The number of aromatic nitrogens is 1. The number of aliphatic imine (C=N–C) groups is 2. The molecule has 74 heavy (non-hydrogen) atoms. The van der Waals surface area contributed by atoms with E-state index in [0.29, 0.717) is 39.3 Å². The van der Waals surface area contributed by atoms with Crippen LogP contribution in [-0.4, -0.2) is 148 Å². The molecule has 0 spiro atoms. The summed E-state index contributed by atoms with van der Waals surface area (Å²) in [6.07, 6.45) is -3.94. The molecule has 15 N–H and O–H groups in total. The van der Waals surface area contributed by atoms with Gasteiger partial charge in [0.2, 0.25) is 41.3 Å². The van der Waals surface area contributed by atoms with Crippen molar-refractivity contribution in [2.24, 2.45) is 21.5 Å². The van der Waals surface area contributed by atoms with E-state index in [1.54, 1.807) is 79.7 Å². The lowest BCUT2D eigenvalue weighted by molar-refractivity contribution is -0.139. The van der Waals surface area contributed by atoms with Crippen LogP contribution in [-0.2, 0) is 35.2 Å². The fourth-order valence-electron chi connectivity index (χ4n) is 8.66. The van der Waals surface area contributed by atoms with Crippen molar-refractivity contribution in [2.75, 3.05) is 26.2 Å². The molecule has 0 bridgehead atoms. The number of ether oxygens (including phenoxy) is 1. The Balaban J connectivity index is 1.14. The third-order valence-corrected chi connectivity index (χ3v) is 12.8. The molecule has 8 rings (SSSR count). The van der Waals surface area contributed by atoms with Crippen LogP contribution >= 0.6 is 0 Å². The second-order valence-corrected chi connectivity index (χ2v) is 18.1. The zero-order valence-corrected chi connectivity index (χ0v) is 40.2. The average Bonchev–Trinajstić information content (AvgIpc) is 4.16. The molecule has 1 fully saturated rings. The monoisotopic (exact) mass is 1020 g/mol. The first-order valence-electron chi connectivity index (χ1n) is 23.7. The average molecular weight is 1020 g/mol. The molecule has 0 aliphatic carbocycles. The van der Waals surface area contributed by atoms with E-state index in [2.05, 4.69) is 52.5 Å². The van der Waals surface area contributed by atoms with Gasteiger partial charge in [0.15, 0.2) is 17.5 Å². The normalized spacial score (nSPS) is 24.4. The number of benzene rings is 4. The Labute approximate surface area is 423 Å². The van der Waals surface area contributed by atoms with Crippen molar-refractivity contribution in [2.45, 2.75) is 80.7 Å². The van der Waals surface area contributed by atoms with Crippen LogP contribution in [0.4, 0.5) is 0 Å². The summed E-state index contributed by atoms with van der Waals surface area (Å²) in [5.41, 5.74) is 15.2. The Bertz CT molecular complexity index is 2950. The smallest absolute Gasteiger partial charge is 0.246 e. The van der Waals surface area contributed by atoms with Gasteiger partial charge in [-0.25, -0.2) is 4.98 Å². The van der Waals surface area contributed by atoms with Crippen molar-refractivity contribution in [1.29, 1.82) is 0 Å². The fraction of sp³-hybridized carbons (Fsp3) is 0.340. The molecule has 6 amide bonds. The number of nitrogens with two attached hydrogens (primary N) is 2. The highest BCUT2D eigenvalue weighted by atomic mass is 16.5. The second kappa shape index (κ2) is 22.9. The number of nitrogens with zero attached hydrogens (tertiary/aromatic N) is 3. The SMILES string of the molecule is Cc1cccc(Oc2ccc(-c3nc4cc(C[C@@H]5NC(=O)[C@H](C(C)c6ccccc6)NC(=O)CNC(=O)[C@H](CO)NC(=O)[C@H](C(O)C6CN=C(N)N6)NC(=O)[C@H](C(O)C6CN=C(N)N6)NC5=O)ccc4o3)cc2)c1. The van der Waals surface area contributed by atoms with E-state index < -0.39 is 109 Å². The molecule has 24 nitrogen and oxygen atoms in total. The van der Waals surface area contributed by atoms with Crippen molar-refractivity contribution in [1.82, 2.24) is 47.5 Å². The first-order valence-corrected chi connectivity index (χ1v) is 23.7. The van der Waals surface area contributed by atoms with Gasteiger partial charge in [-0.3, -0.25) is 38.8 Å². The lowest BCUT2D eigenvalue weighted by Gasteiger charge is -2.33. The molecule has 0 saturated carbocycles. The van der Waals surface area contributed by atoms with Gasteiger partial charge < -0.3 is 78.5 Å². The number of carbonyl (C=O) groups excluding carboxylic acids is 6. The highest BCUT2D eigenvalue weighted by molar-refractivity contribution is 5.98. The number of aryl methyl sites for hydroxylation is 1. The Morgan fingerprint density at radius 3 is 1.91 bits per heavy atom. The zero-order chi connectivity index (χ0) is 52.6. The number of aliphatic hydroxyl groups excluding tert-OH is 3. The van der Waals surface area contributed by atoms with Crippen molar-refractivity contribution < 1.29 is 53.2 Å². The van der Waals surface area contributed by atoms with Crippen LogP contribution in [0.3, 0.4) is 0 Å². The van der Waals surface area contributed by atoms with Crippen molar-refractivity contribution in [3.05, 3.63) is 114 Å². The molecule has 1 aromatic heterocycles. The third-order valence-electron chi connectivity index (χ3n) is 12.8. The molecule has 1 saturated heterocycles. The number of hydrogen-bond donors (Lipinski definition) is 13. The van der Waals surface area contributed by atoms with E-state index in [9.17, 15) is 44.1 Å². The Hall–Kier alpha value is -8.61. The van der Waals surface area contributed by atoms with Crippen molar-refractivity contribution in [3.63, 3.8) is 0 Å². The number of oxazole rings is 1. The molecule has 4 heterocycles. The largest absolute Gasteiger partial charge is 0.457 e. The summed E-state index contributed by atoms with van der Waals surface area (Å²) in [5, 5.41) is 54.0. The number of amides is 6. The van der Waals surface area contributed by atoms with E-state index in [-0.39, 0.29) is 37.3 Å². The molecule has 3 aliphatic rings. The van der Waals surface area contributed by atoms with Gasteiger partial charge >= 0.3 is 0 Å².